The minimum atomic E-state index is -1.43. The van der Waals surface area contributed by atoms with Crippen molar-refractivity contribution >= 4 is 5.97 Å². The maximum absolute atomic E-state index is 10.9. The average molecular weight is 190 g/mol. The summed E-state index contributed by atoms with van der Waals surface area (Å²) in [7, 11) is 0. The van der Waals surface area contributed by atoms with E-state index in [-0.39, 0.29) is 0 Å². The first-order valence-corrected chi connectivity index (χ1v) is 4.64. The normalized spacial score (nSPS) is 11.6. The largest absolute Gasteiger partial charge is 0.477 e. The van der Waals surface area contributed by atoms with Gasteiger partial charge in [0.2, 0.25) is 0 Å². The molecule has 0 aromatic rings. The Balaban J connectivity index is 4.48. The van der Waals surface area contributed by atoms with Crippen LogP contribution in [0.1, 0.15) is 33.6 Å². The average Bonchev–Trinajstić information content (AvgIpc) is 2.05. The number of rotatable bonds is 7. The molecule has 0 radical (unpaired) electrons. The highest BCUT2D eigenvalue weighted by Crippen LogP contribution is 2.20. The van der Waals surface area contributed by atoms with Crippen LogP contribution in [-0.4, -0.2) is 30.1 Å². The van der Waals surface area contributed by atoms with Gasteiger partial charge in [0.05, 0.1) is 0 Å². The van der Waals surface area contributed by atoms with E-state index in [1.807, 2.05) is 6.92 Å². The number of hydrogen-bond donors (Lipinski definition) is 1. The van der Waals surface area contributed by atoms with Gasteiger partial charge in [-0.25, -0.2) is 4.79 Å². The molecule has 4 nitrogen and oxygen atoms in total. The van der Waals surface area contributed by atoms with E-state index >= 15 is 0 Å². The third-order valence-electron chi connectivity index (χ3n) is 1.66. The molecule has 0 aromatic heterocycles. The van der Waals surface area contributed by atoms with Gasteiger partial charge >= 0.3 is 5.97 Å². The summed E-state index contributed by atoms with van der Waals surface area (Å²) in [6.45, 7) is 6.09. The van der Waals surface area contributed by atoms with Crippen molar-refractivity contribution in [2.75, 3.05) is 13.2 Å². The summed E-state index contributed by atoms with van der Waals surface area (Å²) < 4.78 is 10.3. The SMILES string of the molecule is CCCC(OCC)(OCC)C(=O)O. The van der Waals surface area contributed by atoms with Crippen molar-refractivity contribution in [3.8, 4) is 0 Å². The number of ether oxygens (including phenoxy) is 2. The third-order valence-corrected chi connectivity index (χ3v) is 1.66. The van der Waals surface area contributed by atoms with E-state index in [0.717, 1.165) is 0 Å². The number of carboxylic acids is 1. The van der Waals surface area contributed by atoms with Gasteiger partial charge in [0.15, 0.2) is 0 Å². The second-order valence-electron chi connectivity index (χ2n) is 2.67. The summed E-state index contributed by atoms with van der Waals surface area (Å²) in [5, 5.41) is 8.97. The quantitative estimate of drug-likeness (QED) is 0.620. The van der Waals surface area contributed by atoms with Gasteiger partial charge in [0.25, 0.3) is 5.79 Å². The third kappa shape index (κ3) is 3.32. The summed E-state index contributed by atoms with van der Waals surface area (Å²) in [5.41, 5.74) is 0. The van der Waals surface area contributed by atoms with Crippen LogP contribution in [0.4, 0.5) is 0 Å². The topological polar surface area (TPSA) is 55.8 Å². The Morgan fingerprint density at radius 1 is 1.23 bits per heavy atom. The molecule has 13 heavy (non-hydrogen) atoms. The Labute approximate surface area is 78.8 Å². The molecule has 0 saturated heterocycles. The van der Waals surface area contributed by atoms with Crippen molar-refractivity contribution in [1.29, 1.82) is 0 Å². The summed E-state index contributed by atoms with van der Waals surface area (Å²) in [6.07, 6.45) is 1.09. The molecule has 1 N–H and O–H groups in total. The summed E-state index contributed by atoms with van der Waals surface area (Å²) in [6, 6.07) is 0. The highest BCUT2D eigenvalue weighted by molar-refractivity contribution is 5.75. The molecule has 0 rings (SSSR count). The Morgan fingerprint density at radius 2 is 1.69 bits per heavy atom. The van der Waals surface area contributed by atoms with Gasteiger partial charge in [-0.15, -0.1) is 0 Å². The van der Waals surface area contributed by atoms with Gasteiger partial charge in [0.1, 0.15) is 0 Å². The molecule has 0 aromatic carbocycles. The molecular weight excluding hydrogens is 172 g/mol. The number of carboxylic acid groups (broad SMARTS) is 1. The lowest BCUT2D eigenvalue weighted by molar-refractivity contribution is -0.244. The highest BCUT2D eigenvalue weighted by Gasteiger charge is 2.39. The standard InChI is InChI=1S/C9H18O4/c1-4-7-9(8(10)11,12-5-2)13-6-3/h4-7H2,1-3H3,(H,10,11). The Morgan fingerprint density at radius 3 is 1.92 bits per heavy atom. The van der Waals surface area contributed by atoms with Gasteiger partial charge < -0.3 is 14.6 Å². The molecule has 0 fully saturated rings. The smallest absolute Gasteiger partial charge is 0.364 e. The van der Waals surface area contributed by atoms with Crippen LogP contribution < -0.4 is 0 Å². The van der Waals surface area contributed by atoms with Gasteiger partial charge in [-0.1, -0.05) is 13.3 Å². The monoisotopic (exact) mass is 190 g/mol. The van der Waals surface area contributed by atoms with Crippen LogP contribution in [0.5, 0.6) is 0 Å². The van der Waals surface area contributed by atoms with Crippen LogP contribution in [0, 0.1) is 0 Å². The van der Waals surface area contributed by atoms with Gasteiger partial charge in [-0.3, -0.25) is 0 Å². The van der Waals surface area contributed by atoms with Crippen molar-refractivity contribution in [2.45, 2.75) is 39.4 Å². The minimum Gasteiger partial charge on any atom is -0.477 e. The van der Waals surface area contributed by atoms with Gasteiger partial charge in [-0.2, -0.15) is 0 Å². The predicted octanol–water partition coefficient (Wildman–Crippen LogP) is 1.64. The fraction of sp³-hybridized carbons (Fsp3) is 0.889. The van der Waals surface area contributed by atoms with Crippen LogP contribution >= 0.6 is 0 Å². The molecule has 0 spiro atoms. The zero-order valence-corrected chi connectivity index (χ0v) is 8.50. The number of hydrogen-bond acceptors (Lipinski definition) is 3. The zero-order chi connectivity index (χ0) is 10.3. The summed E-state index contributed by atoms with van der Waals surface area (Å²) in [5.74, 6) is -2.48. The molecular formula is C9H18O4. The molecule has 0 aliphatic heterocycles. The van der Waals surface area contributed by atoms with Crippen molar-refractivity contribution in [1.82, 2.24) is 0 Å². The van der Waals surface area contributed by atoms with E-state index < -0.39 is 11.8 Å². The molecule has 0 atom stereocenters. The van der Waals surface area contributed by atoms with E-state index in [1.54, 1.807) is 13.8 Å². The van der Waals surface area contributed by atoms with E-state index in [0.29, 0.717) is 26.1 Å². The molecule has 0 amide bonds. The number of aliphatic carboxylic acids is 1. The van der Waals surface area contributed by atoms with Crippen molar-refractivity contribution < 1.29 is 19.4 Å². The lowest BCUT2D eigenvalue weighted by Gasteiger charge is -2.28. The van der Waals surface area contributed by atoms with E-state index in [1.165, 1.54) is 0 Å². The molecule has 0 aliphatic rings. The van der Waals surface area contributed by atoms with Crippen molar-refractivity contribution in [3.05, 3.63) is 0 Å². The first-order valence-electron chi connectivity index (χ1n) is 4.64. The summed E-state index contributed by atoms with van der Waals surface area (Å²) in [4.78, 5) is 10.9. The Kier molecular flexibility index (Phi) is 5.66. The van der Waals surface area contributed by atoms with Crippen LogP contribution in [-0.2, 0) is 14.3 Å². The predicted molar refractivity (Wildman–Crippen MR) is 48.5 cm³/mol. The maximum Gasteiger partial charge on any atom is 0.364 e. The van der Waals surface area contributed by atoms with E-state index in [2.05, 4.69) is 0 Å². The fourth-order valence-corrected chi connectivity index (χ4v) is 1.21. The summed E-state index contributed by atoms with van der Waals surface area (Å²) >= 11 is 0. The lowest BCUT2D eigenvalue weighted by atomic mass is 10.1. The number of carbonyl (C=O) groups is 1. The molecule has 4 heteroatoms. The maximum atomic E-state index is 10.9. The van der Waals surface area contributed by atoms with Crippen molar-refractivity contribution in [3.63, 3.8) is 0 Å². The van der Waals surface area contributed by atoms with E-state index in [4.69, 9.17) is 14.6 Å². The first kappa shape index (κ1) is 12.4. The first-order chi connectivity index (χ1) is 6.13. The van der Waals surface area contributed by atoms with Crippen molar-refractivity contribution in [2.24, 2.45) is 0 Å². The Bertz CT molecular complexity index is 139. The molecule has 0 heterocycles. The van der Waals surface area contributed by atoms with Crippen LogP contribution in [0.15, 0.2) is 0 Å². The van der Waals surface area contributed by atoms with Crippen LogP contribution in [0.25, 0.3) is 0 Å². The van der Waals surface area contributed by atoms with Crippen LogP contribution in [0.3, 0.4) is 0 Å². The Hall–Kier alpha value is -0.610. The van der Waals surface area contributed by atoms with E-state index in [9.17, 15) is 4.79 Å². The molecule has 78 valence electrons. The fourth-order valence-electron chi connectivity index (χ4n) is 1.21. The highest BCUT2D eigenvalue weighted by atomic mass is 16.7. The van der Waals surface area contributed by atoms with Gasteiger partial charge in [0, 0.05) is 19.6 Å². The lowest BCUT2D eigenvalue weighted by Crippen LogP contribution is -2.44. The molecule has 0 saturated carbocycles. The minimum absolute atomic E-state index is 0.340. The molecule has 0 unspecified atom stereocenters. The zero-order valence-electron chi connectivity index (χ0n) is 8.50. The van der Waals surface area contributed by atoms with Crippen LogP contribution in [0.2, 0.25) is 0 Å². The second-order valence-corrected chi connectivity index (χ2v) is 2.67. The van der Waals surface area contributed by atoms with Gasteiger partial charge in [-0.05, 0) is 13.8 Å². The molecule has 0 bridgehead atoms. The molecule has 0 aliphatic carbocycles. The second kappa shape index (κ2) is 5.94.